The molecule has 6 N–H and O–H groups in total. The molecule has 0 bridgehead atoms. The lowest BCUT2D eigenvalue weighted by molar-refractivity contribution is 0.0682. The van der Waals surface area contributed by atoms with Crippen LogP contribution in [0.2, 0.25) is 6.04 Å². The molecule has 12 heteroatoms. The lowest BCUT2D eigenvalue weighted by Gasteiger charge is -2.28. The summed E-state index contributed by atoms with van der Waals surface area (Å²) in [6.45, 7) is 9.64. The summed E-state index contributed by atoms with van der Waals surface area (Å²) in [5, 5.41) is 2.54. The van der Waals surface area contributed by atoms with Crippen LogP contribution in [0.4, 0.5) is 4.79 Å². The van der Waals surface area contributed by atoms with E-state index < -0.39 is 23.9 Å². The molecule has 0 saturated carbocycles. The van der Waals surface area contributed by atoms with Crippen LogP contribution in [0.1, 0.15) is 34.1 Å². The van der Waals surface area contributed by atoms with Gasteiger partial charge in [-0.25, -0.2) is 4.79 Å². The van der Waals surface area contributed by atoms with E-state index in [0.29, 0.717) is 32.4 Å². The van der Waals surface area contributed by atoms with Gasteiger partial charge in [0.2, 0.25) is 0 Å². The summed E-state index contributed by atoms with van der Waals surface area (Å²) in [5.41, 5.74) is 4.99. The third-order valence-electron chi connectivity index (χ3n) is 2.39. The molecular weight excluding hydrogens is 356 g/mol. The second-order valence-electron chi connectivity index (χ2n) is 4.38. The predicted molar refractivity (Wildman–Crippen MR) is 91.7 cm³/mol. The van der Waals surface area contributed by atoms with Crippen LogP contribution in [-0.2, 0) is 17.7 Å². The standard InChI is InChI=1S/C10H24N2O4Si.C2H8O4Si/c1-4-14-17(15-5-2,16-6-3)9-7-8-12-10(11)13;1-2-6-7(3,4)5/h4-9H2,1-3H3,(H3,11,12,13);3-5H,2H2,1H3. The lowest BCUT2D eigenvalue weighted by Crippen LogP contribution is -2.46. The minimum Gasteiger partial charge on any atom is -0.374 e. The van der Waals surface area contributed by atoms with Crippen molar-refractivity contribution in [2.24, 2.45) is 5.73 Å². The Hall–Kier alpha value is -0.576. The van der Waals surface area contributed by atoms with Crippen LogP contribution in [0.25, 0.3) is 0 Å². The van der Waals surface area contributed by atoms with Crippen LogP contribution in [0.3, 0.4) is 0 Å². The van der Waals surface area contributed by atoms with Crippen LogP contribution >= 0.6 is 0 Å². The largest absolute Gasteiger partial charge is 0.671 e. The third kappa shape index (κ3) is 16.3. The highest BCUT2D eigenvalue weighted by molar-refractivity contribution is 6.60. The normalized spacial score (nSPS) is 11.6. The van der Waals surface area contributed by atoms with Crippen molar-refractivity contribution in [3.8, 4) is 0 Å². The number of nitrogens with two attached hydrogens (primary N) is 1. The van der Waals surface area contributed by atoms with Crippen molar-refractivity contribution >= 4 is 23.9 Å². The zero-order valence-corrected chi connectivity index (χ0v) is 16.9. The Morgan fingerprint density at radius 3 is 1.58 bits per heavy atom. The van der Waals surface area contributed by atoms with Gasteiger partial charge in [0, 0.05) is 39.0 Å². The molecule has 0 aromatic rings. The molecule has 0 aromatic carbocycles. The van der Waals surface area contributed by atoms with Crippen molar-refractivity contribution in [3.05, 3.63) is 0 Å². The maximum atomic E-state index is 10.5. The summed E-state index contributed by atoms with van der Waals surface area (Å²) in [7, 11) is -6.72. The van der Waals surface area contributed by atoms with E-state index in [1.807, 2.05) is 20.8 Å². The quantitative estimate of drug-likeness (QED) is 0.222. The van der Waals surface area contributed by atoms with E-state index in [1.54, 1.807) is 6.92 Å². The molecule has 0 rings (SSSR count). The Balaban J connectivity index is 0. The highest BCUT2D eigenvalue weighted by Gasteiger charge is 2.39. The molecule has 146 valence electrons. The first kappa shape index (κ1) is 25.7. The van der Waals surface area contributed by atoms with E-state index in [-0.39, 0.29) is 6.61 Å². The first-order chi connectivity index (χ1) is 11.2. The van der Waals surface area contributed by atoms with Crippen LogP contribution in [0.15, 0.2) is 0 Å². The fourth-order valence-electron chi connectivity index (χ4n) is 1.71. The van der Waals surface area contributed by atoms with Gasteiger partial charge in [-0.15, -0.1) is 0 Å². The molecule has 0 aliphatic heterocycles. The summed E-state index contributed by atoms with van der Waals surface area (Å²) >= 11 is 0. The van der Waals surface area contributed by atoms with Crippen molar-refractivity contribution in [1.82, 2.24) is 5.32 Å². The number of amides is 2. The number of carbonyl (C=O) groups is 1. The molecule has 0 atom stereocenters. The Kier molecular flexibility index (Phi) is 15.8. The van der Waals surface area contributed by atoms with Gasteiger partial charge < -0.3 is 43.1 Å². The van der Waals surface area contributed by atoms with Crippen molar-refractivity contribution in [2.45, 2.75) is 40.2 Å². The van der Waals surface area contributed by atoms with Crippen LogP contribution in [0, 0.1) is 0 Å². The smallest absolute Gasteiger partial charge is 0.374 e. The summed E-state index contributed by atoms with van der Waals surface area (Å²) in [6, 6.07) is 0.171. The second-order valence-corrected chi connectivity index (χ2v) is 8.55. The minimum absolute atomic E-state index is 0.121. The van der Waals surface area contributed by atoms with Crippen molar-refractivity contribution in [3.63, 3.8) is 0 Å². The molecule has 0 unspecified atom stereocenters. The SMILES string of the molecule is CCO[Si](CCCNC(N)=O)(OCC)OCC.CCO[Si](O)(O)O. The molecule has 0 spiro atoms. The van der Waals surface area contributed by atoms with Crippen LogP contribution in [-0.4, -0.2) is 71.2 Å². The Labute approximate surface area is 145 Å². The van der Waals surface area contributed by atoms with Gasteiger partial charge >= 0.3 is 23.9 Å². The highest BCUT2D eigenvalue weighted by atomic mass is 28.4. The first-order valence-electron chi connectivity index (χ1n) is 7.92. The van der Waals surface area contributed by atoms with E-state index in [4.69, 9.17) is 33.4 Å². The average Bonchev–Trinajstić information content (AvgIpc) is 2.44. The zero-order valence-electron chi connectivity index (χ0n) is 14.9. The second kappa shape index (κ2) is 14.7. The van der Waals surface area contributed by atoms with Crippen LogP contribution < -0.4 is 11.1 Å². The molecule has 0 fully saturated rings. The molecule has 0 aromatic heterocycles. The van der Waals surface area contributed by atoms with Gasteiger partial charge in [0.05, 0.1) is 0 Å². The first-order valence-corrected chi connectivity index (χ1v) is 11.6. The Morgan fingerprint density at radius 1 is 0.917 bits per heavy atom. The molecule has 0 heterocycles. The fourth-order valence-corrected chi connectivity index (χ4v) is 4.71. The number of nitrogens with one attached hydrogen (secondary N) is 1. The zero-order chi connectivity index (χ0) is 19.1. The molecule has 0 aliphatic rings. The Bertz CT molecular complexity index is 301. The van der Waals surface area contributed by atoms with E-state index in [2.05, 4.69) is 9.74 Å². The van der Waals surface area contributed by atoms with E-state index in [0.717, 1.165) is 6.42 Å². The molecule has 0 saturated heterocycles. The van der Waals surface area contributed by atoms with Crippen LogP contribution in [0.5, 0.6) is 0 Å². The fraction of sp³-hybridized carbons (Fsp3) is 0.917. The molecule has 0 aliphatic carbocycles. The molecule has 2 amide bonds. The molecule has 10 nitrogen and oxygen atoms in total. The number of rotatable bonds is 12. The maximum absolute atomic E-state index is 10.5. The van der Waals surface area contributed by atoms with Gasteiger partial charge in [-0.05, 0) is 34.1 Å². The average molecular weight is 389 g/mol. The number of carbonyl (C=O) groups excluding carboxylic acids is 1. The van der Waals surface area contributed by atoms with Gasteiger partial charge in [0.25, 0.3) is 0 Å². The minimum atomic E-state index is -4.16. The molecule has 24 heavy (non-hydrogen) atoms. The summed E-state index contributed by atoms with van der Waals surface area (Å²) in [5.74, 6) is 0. The molecule has 0 radical (unpaired) electrons. The summed E-state index contributed by atoms with van der Waals surface area (Å²) in [4.78, 5) is 34.7. The van der Waals surface area contributed by atoms with Gasteiger partial charge in [0.15, 0.2) is 0 Å². The monoisotopic (exact) mass is 388 g/mol. The number of hydrogen-bond acceptors (Lipinski definition) is 8. The van der Waals surface area contributed by atoms with Gasteiger partial charge in [-0.2, -0.15) is 0 Å². The number of urea groups is 1. The number of hydrogen-bond donors (Lipinski definition) is 5. The topological polar surface area (TPSA) is 153 Å². The van der Waals surface area contributed by atoms with Gasteiger partial charge in [-0.3, -0.25) is 0 Å². The summed E-state index contributed by atoms with van der Waals surface area (Å²) < 4.78 is 21.0. The predicted octanol–water partition coefficient (Wildman–Crippen LogP) is -0.471. The highest BCUT2D eigenvalue weighted by Crippen LogP contribution is 2.17. The van der Waals surface area contributed by atoms with Gasteiger partial charge in [-0.1, -0.05) is 0 Å². The van der Waals surface area contributed by atoms with E-state index in [1.165, 1.54) is 0 Å². The Morgan fingerprint density at radius 2 is 1.33 bits per heavy atom. The van der Waals surface area contributed by atoms with Crippen molar-refractivity contribution in [2.75, 3.05) is 33.0 Å². The molecular formula is C12H32N2O8Si2. The number of primary amides is 1. The van der Waals surface area contributed by atoms with Crippen molar-refractivity contribution < 1.29 is 36.9 Å². The van der Waals surface area contributed by atoms with Crippen molar-refractivity contribution in [1.29, 1.82) is 0 Å². The van der Waals surface area contributed by atoms with Gasteiger partial charge in [0.1, 0.15) is 0 Å². The van der Waals surface area contributed by atoms with E-state index >= 15 is 0 Å². The summed E-state index contributed by atoms with van der Waals surface area (Å²) in [6.07, 6.45) is 0.731. The maximum Gasteiger partial charge on any atom is 0.671 e. The lowest BCUT2D eigenvalue weighted by atomic mass is 10.5. The third-order valence-corrected chi connectivity index (χ3v) is 6.22. The van der Waals surface area contributed by atoms with E-state index in [9.17, 15) is 4.79 Å².